The Morgan fingerprint density at radius 1 is 0.947 bits per heavy atom. The Balaban J connectivity index is 3.81. The fourth-order valence-electron chi connectivity index (χ4n) is 2.09. The number of aliphatic hydroxyl groups is 1. The zero-order valence-corrected chi connectivity index (χ0v) is 13.6. The van der Waals surface area contributed by atoms with Crippen molar-refractivity contribution in [2.24, 2.45) is 0 Å². The molecule has 0 aromatic heterocycles. The third-order valence-corrected chi connectivity index (χ3v) is 3.38. The lowest BCUT2D eigenvalue weighted by molar-refractivity contribution is -0.00818. The van der Waals surface area contributed by atoms with Crippen LogP contribution < -0.4 is 0 Å². The molecule has 1 unspecified atom stereocenters. The minimum Gasteiger partial charge on any atom is -0.389 e. The molecule has 0 saturated carbocycles. The summed E-state index contributed by atoms with van der Waals surface area (Å²) in [5.41, 5.74) is 0. The predicted molar refractivity (Wildman–Crippen MR) is 81.6 cm³/mol. The number of hydrogen-bond donors (Lipinski definition) is 1. The molecule has 1 atom stereocenters. The first-order chi connectivity index (χ1) is 9.03. The number of likely N-dealkylation sites (N-methyl/N-ethyl adjacent to an activating group) is 1. The number of hydrogen-bond acceptors (Lipinski definition) is 4. The fraction of sp³-hybridized carbons (Fsp3) is 1.00. The van der Waals surface area contributed by atoms with Crippen LogP contribution in [-0.2, 0) is 4.74 Å². The Morgan fingerprint density at radius 2 is 1.47 bits per heavy atom. The highest BCUT2D eigenvalue weighted by atomic mass is 16.5. The highest BCUT2D eigenvalue weighted by molar-refractivity contribution is 4.65. The molecule has 19 heavy (non-hydrogen) atoms. The molecule has 0 aromatic rings. The van der Waals surface area contributed by atoms with E-state index in [1.54, 1.807) is 0 Å². The van der Waals surface area contributed by atoms with Crippen LogP contribution in [0.4, 0.5) is 0 Å². The molecule has 0 aromatic carbocycles. The Bertz CT molecular complexity index is 197. The minimum atomic E-state index is -0.379. The number of nitrogens with zero attached hydrogens (tertiary/aromatic N) is 2. The largest absolute Gasteiger partial charge is 0.389 e. The van der Waals surface area contributed by atoms with Gasteiger partial charge in [0, 0.05) is 6.54 Å². The van der Waals surface area contributed by atoms with Gasteiger partial charge in [-0.2, -0.15) is 0 Å². The molecular weight excluding hydrogens is 240 g/mol. The van der Waals surface area contributed by atoms with Gasteiger partial charge in [-0.25, -0.2) is 0 Å². The molecule has 0 rings (SSSR count). The molecule has 0 fully saturated rings. The van der Waals surface area contributed by atoms with E-state index in [0.29, 0.717) is 13.2 Å². The summed E-state index contributed by atoms with van der Waals surface area (Å²) in [4.78, 5) is 4.74. The SMILES string of the molecule is CCN(CC)CCCN(CC)CC(O)COC(C)C. The maximum atomic E-state index is 9.92. The molecule has 0 aliphatic rings. The van der Waals surface area contributed by atoms with E-state index in [1.807, 2.05) is 13.8 Å². The van der Waals surface area contributed by atoms with Gasteiger partial charge in [0.05, 0.1) is 18.8 Å². The quantitative estimate of drug-likeness (QED) is 0.589. The van der Waals surface area contributed by atoms with Gasteiger partial charge in [-0.05, 0) is 53.0 Å². The molecule has 0 aliphatic heterocycles. The fourth-order valence-corrected chi connectivity index (χ4v) is 2.09. The summed E-state index contributed by atoms with van der Waals surface area (Å²) in [5, 5.41) is 9.92. The summed E-state index contributed by atoms with van der Waals surface area (Å²) in [5.74, 6) is 0. The van der Waals surface area contributed by atoms with Crippen LogP contribution >= 0.6 is 0 Å². The van der Waals surface area contributed by atoms with Gasteiger partial charge < -0.3 is 19.6 Å². The summed E-state index contributed by atoms with van der Waals surface area (Å²) < 4.78 is 5.44. The third kappa shape index (κ3) is 10.3. The van der Waals surface area contributed by atoms with Crippen LogP contribution in [0.5, 0.6) is 0 Å². The van der Waals surface area contributed by atoms with E-state index in [1.165, 1.54) is 0 Å². The van der Waals surface area contributed by atoms with Gasteiger partial charge in [0.15, 0.2) is 0 Å². The van der Waals surface area contributed by atoms with Crippen molar-refractivity contribution in [3.63, 3.8) is 0 Å². The molecule has 0 saturated heterocycles. The Kier molecular flexibility index (Phi) is 11.6. The van der Waals surface area contributed by atoms with Crippen LogP contribution in [0.1, 0.15) is 41.0 Å². The molecule has 4 heteroatoms. The van der Waals surface area contributed by atoms with Crippen molar-refractivity contribution in [2.75, 3.05) is 45.9 Å². The second-order valence-electron chi connectivity index (χ2n) is 5.31. The van der Waals surface area contributed by atoms with Gasteiger partial charge in [-0.1, -0.05) is 20.8 Å². The molecule has 0 radical (unpaired) electrons. The highest BCUT2D eigenvalue weighted by Crippen LogP contribution is 1.99. The van der Waals surface area contributed by atoms with E-state index >= 15 is 0 Å². The minimum absolute atomic E-state index is 0.187. The third-order valence-electron chi connectivity index (χ3n) is 3.38. The lowest BCUT2D eigenvalue weighted by atomic mass is 10.3. The monoisotopic (exact) mass is 274 g/mol. The summed E-state index contributed by atoms with van der Waals surface area (Å²) in [7, 11) is 0. The molecule has 0 spiro atoms. The Morgan fingerprint density at radius 3 is 1.95 bits per heavy atom. The molecule has 0 bridgehead atoms. The molecule has 1 N–H and O–H groups in total. The first-order valence-electron chi connectivity index (χ1n) is 7.77. The average molecular weight is 274 g/mol. The molecule has 0 amide bonds. The smallest absolute Gasteiger partial charge is 0.0900 e. The number of rotatable bonds is 12. The standard InChI is InChI=1S/C15H34N2O2/c1-6-16(7-2)10-9-11-17(8-3)12-15(18)13-19-14(4)5/h14-15,18H,6-13H2,1-5H3. The van der Waals surface area contributed by atoms with Crippen LogP contribution in [-0.4, -0.2) is 73.0 Å². The zero-order valence-electron chi connectivity index (χ0n) is 13.6. The predicted octanol–water partition coefficient (Wildman–Crippen LogP) is 1.83. The normalized spacial score (nSPS) is 13.7. The number of aliphatic hydroxyl groups excluding tert-OH is 1. The van der Waals surface area contributed by atoms with Crippen molar-refractivity contribution in [3.8, 4) is 0 Å². The van der Waals surface area contributed by atoms with E-state index in [2.05, 4.69) is 30.6 Å². The first kappa shape index (κ1) is 18.8. The highest BCUT2D eigenvalue weighted by Gasteiger charge is 2.11. The summed E-state index contributed by atoms with van der Waals surface area (Å²) >= 11 is 0. The summed E-state index contributed by atoms with van der Waals surface area (Å²) in [6.07, 6.45) is 0.969. The lowest BCUT2D eigenvalue weighted by Crippen LogP contribution is -2.37. The molecule has 0 heterocycles. The van der Waals surface area contributed by atoms with E-state index < -0.39 is 0 Å². The van der Waals surface area contributed by atoms with Gasteiger partial charge in [0.2, 0.25) is 0 Å². The van der Waals surface area contributed by atoms with Crippen LogP contribution in [0, 0.1) is 0 Å². The van der Waals surface area contributed by atoms with Crippen LogP contribution in [0.15, 0.2) is 0 Å². The maximum Gasteiger partial charge on any atom is 0.0900 e. The van der Waals surface area contributed by atoms with Crippen molar-refractivity contribution in [2.45, 2.75) is 53.2 Å². The van der Waals surface area contributed by atoms with E-state index in [0.717, 1.165) is 39.1 Å². The average Bonchev–Trinajstić information content (AvgIpc) is 2.40. The van der Waals surface area contributed by atoms with Gasteiger partial charge >= 0.3 is 0 Å². The van der Waals surface area contributed by atoms with Gasteiger partial charge in [-0.15, -0.1) is 0 Å². The van der Waals surface area contributed by atoms with Crippen LogP contribution in [0.25, 0.3) is 0 Å². The topological polar surface area (TPSA) is 35.9 Å². The second kappa shape index (κ2) is 11.6. The first-order valence-corrected chi connectivity index (χ1v) is 7.77. The van der Waals surface area contributed by atoms with E-state index in [4.69, 9.17) is 4.74 Å². The van der Waals surface area contributed by atoms with Crippen LogP contribution in [0.3, 0.4) is 0 Å². The van der Waals surface area contributed by atoms with Crippen molar-refractivity contribution >= 4 is 0 Å². The summed E-state index contributed by atoms with van der Waals surface area (Å²) in [6.45, 7) is 17.1. The van der Waals surface area contributed by atoms with Crippen molar-refractivity contribution in [3.05, 3.63) is 0 Å². The molecular formula is C15H34N2O2. The molecule has 0 aliphatic carbocycles. The van der Waals surface area contributed by atoms with Crippen molar-refractivity contribution in [1.82, 2.24) is 9.80 Å². The lowest BCUT2D eigenvalue weighted by Gasteiger charge is -2.25. The van der Waals surface area contributed by atoms with E-state index in [-0.39, 0.29) is 12.2 Å². The van der Waals surface area contributed by atoms with Gasteiger partial charge in [0.25, 0.3) is 0 Å². The maximum absolute atomic E-state index is 9.92. The Labute approximate surface area is 119 Å². The molecule has 116 valence electrons. The molecule has 4 nitrogen and oxygen atoms in total. The summed E-state index contributed by atoms with van der Waals surface area (Å²) in [6, 6.07) is 0. The van der Waals surface area contributed by atoms with Gasteiger partial charge in [-0.3, -0.25) is 0 Å². The second-order valence-corrected chi connectivity index (χ2v) is 5.31. The zero-order chi connectivity index (χ0) is 14.7. The van der Waals surface area contributed by atoms with Crippen molar-refractivity contribution < 1.29 is 9.84 Å². The van der Waals surface area contributed by atoms with E-state index in [9.17, 15) is 5.11 Å². The van der Waals surface area contributed by atoms with Gasteiger partial charge in [0.1, 0.15) is 0 Å². The van der Waals surface area contributed by atoms with Crippen molar-refractivity contribution in [1.29, 1.82) is 0 Å². The number of ether oxygens (including phenoxy) is 1. The Hall–Kier alpha value is -0.160. The van der Waals surface area contributed by atoms with Crippen LogP contribution in [0.2, 0.25) is 0 Å².